The molecule has 0 aliphatic carbocycles. The van der Waals surface area contributed by atoms with Gasteiger partial charge >= 0.3 is 6.18 Å². The van der Waals surface area contributed by atoms with Crippen LogP contribution in [0.15, 0.2) is 30.9 Å². The second-order valence-electron chi connectivity index (χ2n) is 5.94. The van der Waals surface area contributed by atoms with Crippen molar-refractivity contribution in [1.82, 2.24) is 4.90 Å². The second kappa shape index (κ2) is 6.64. The van der Waals surface area contributed by atoms with Crippen molar-refractivity contribution in [1.29, 1.82) is 0 Å². The molecule has 0 aromatic heterocycles. The van der Waals surface area contributed by atoms with E-state index in [1.165, 1.54) is 12.1 Å². The highest BCUT2D eigenvalue weighted by Crippen LogP contribution is 2.37. The molecule has 126 valence electrons. The fourth-order valence-electron chi connectivity index (χ4n) is 2.80. The minimum Gasteiger partial charge on any atom is -0.368 e. The molecule has 1 amide bonds. The van der Waals surface area contributed by atoms with Crippen molar-refractivity contribution in [2.45, 2.75) is 25.9 Å². The lowest BCUT2D eigenvalue weighted by Gasteiger charge is -2.36. The number of anilines is 1. The fourth-order valence-corrected chi connectivity index (χ4v) is 2.80. The molecule has 6 heteroatoms. The molecule has 3 nitrogen and oxygen atoms in total. The summed E-state index contributed by atoms with van der Waals surface area (Å²) in [6, 6.07) is 4.30. The molecule has 1 aromatic carbocycles. The molecule has 1 aliphatic heterocycles. The average Bonchev–Trinajstić information content (AvgIpc) is 2.52. The van der Waals surface area contributed by atoms with Crippen molar-refractivity contribution in [2.75, 3.05) is 31.1 Å². The molecule has 1 aromatic rings. The Morgan fingerprint density at radius 2 is 1.83 bits per heavy atom. The first kappa shape index (κ1) is 17.4. The normalized spacial score (nSPS) is 15.9. The van der Waals surface area contributed by atoms with Crippen LogP contribution >= 0.6 is 0 Å². The molecule has 0 saturated carbocycles. The monoisotopic (exact) mass is 326 g/mol. The van der Waals surface area contributed by atoms with Crippen LogP contribution in [0.5, 0.6) is 0 Å². The SMILES string of the molecule is C=CC(=O)N1CCN(c2ccc(C(F)(F)F)c(C(C)C)c2)CC1. The van der Waals surface area contributed by atoms with Gasteiger partial charge in [-0.1, -0.05) is 20.4 Å². The number of rotatable bonds is 3. The Morgan fingerprint density at radius 3 is 2.30 bits per heavy atom. The van der Waals surface area contributed by atoms with E-state index in [0.29, 0.717) is 31.7 Å². The first-order chi connectivity index (χ1) is 10.7. The molecule has 0 atom stereocenters. The summed E-state index contributed by atoms with van der Waals surface area (Å²) in [5, 5.41) is 0. The molecule has 0 unspecified atom stereocenters. The number of carbonyl (C=O) groups is 1. The van der Waals surface area contributed by atoms with Gasteiger partial charge in [0.05, 0.1) is 5.56 Å². The van der Waals surface area contributed by atoms with Gasteiger partial charge < -0.3 is 9.80 Å². The van der Waals surface area contributed by atoms with Crippen LogP contribution in [-0.2, 0) is 11.0 Å². The van der Waals surface area contributed by atoms with Crippen LogP contribution in [0.25, 0.3) is 0 Å². The number of halogens is 3. The number of amides is 1. The van der Waals surface area contributed by atoms with Crippen molar-refractivity contribution in [3.8, 4) is 0 Å². The summed E-state index contributed by atoms with van der Waals surface area (Å²) < 4.78 is 39.3. The molecule has 2 rings (SSSR count). The van der Waals surface area contributed by atoms with Crippen molar-refractivity contribution >= 4 is 11.6 Å². The molecular weight excluding hydrogens is 305 g/mol. The molecular formula is C17H21F3N2O. The summed E-state index contributed by atoms with van der Waals surface area (Å²) >= 11 is 0. The van der Waals surface area contributed by atoms with Crippen LogP contribution in [-0.4, -0.2) is 37.0 Å². The Hall–Kier alpha value is -1.98. The van der Waals surface area contributed by atoms with Gasteiger partial charge in [0, 0.05) is 31.9 Å². The Bertz CT molecular complexity index is 588. The summed E-state index contributed by atoms with van der Waals surface area (Å²) in [5.74, 6) is -0.324. The van der Waals surface area contributed by atoms with E-state index >= 15 is 0 Å². The summed E-state index contributed by atoms with van der Waals surface area (Å²) in [4.78, 5) is 15.3. The van der Waals surface area contributed by atoms with Crippen LogP contribution in [0.3, 0.4) is 0 Å². The third-order valence-electron chi connectivity index (χ3n) is 4.09. The lowest BCUT2D eigenvalue weighted by atomic mass is 9.95. The van der Waals surface area contributed by atoms with Gasteiger partial charge in [0.15, 0.2) is 0 Å². The zero-order valence-corrected chi connectivity index (χ0v) is 13.4. The second-order valence-corrected chi connectivity index (χ2v) is 5.94. The van der Waals surface area contributed by atoms with Gasteiger partial charge in [-0.05, 0) is 35.8 Å². The van der Waals surface area contributed by atoms with Crippen LogP contribution in [0.1, 0.15) is 30.9 Å². The number of nitrogens with zero attached hydrogens (tertiary/aromatic N) is 2. The first-order valence-electron chi connectivity index (χ1n) is 7.61. The molecule has 1 aliphatic rings. The molecule has 1 saturated heterocycles. The van der Waals surface area contributed by atoms with Crippen LogP contribution in [0, 0.1) is 0 Å². The van der Waals surface area contributed by atoms with E-state index < -0.39 is 11.7 Å². The smallest absolute Gasteiger partial charge is 0.368 e. The molecule has 0 spiro atoms. The van der Waals surface area contributed by atoms with E-state index in [1.807, 2.05) is 4.90 Å². The zero-order valence-electron chi connectivity index (χ0n) is 13.4. The highest BCUT2D eigenvalue weighted by molar-refractivity contribution is 5.87. The molecule has 0 N–H and O–H groups in total. The number of benzene rings is 1. The van der Waals surface area contributed by atoms with Crippen molar-refractivity contribution in [3.63, 3.8) is 0 Å². The molecule has 1 fully saturated rings. The molecule has 0 radical (unpaired) electrons. The first-order valence-corrected chi connectivity index (χ1v) is 7.61. The van der Waals surface area contributed by atoms with E-state index in [0.717, 1.165) is 11.8 Å². The standard InChI is InChI=1S/C17H21F3N2O/c1-4-16(23)22-9-7-21(8-10-22)13-5-6-15(17(18,19)20)14(11-13)12(2)3/h4-6,11-12H,1,7-10H2,2-3H3. The van der Waals surface area contributed by atoms with Gasteiger partial charge in [0.1, 0.15) is 0 Å². The lowest BCUT2D eigenvalue weighted by molar-refractivity contribution is -0.138. The van der Waals surface area contributed by atoms with Crippen molar-refractivity contribution in [3.05, 3.63) is 42.0 Å². The van der Waals surface area contributed by atoms with E-state index in [9.17, 15) is 18.0 Å². The summed E-state index contributed by atoms with van der Waals surface area (Å²) in [7, 11) is 0. The predicted octanol–water partition coefficient (Wildman–Crippen LogP) is 3.66. The molecule has 0 bridgehead atoms. The maximum atomic E-state index is 13.1. The molecule has 23 heavy (non-hydrogen) atoms. The van der Waals surface area contributed by atoms with Gasteiger partial charge in [0.2, 0.25) is 5.91 Å². The van der Waals surface area contributed by atoms with Crippen LogP contribution < -0.4 is 4.90 Å². The van der Waals surface area contributed by atoms with Gasteiger partial charge in [-0.3, -0.25) is 4.79 Å². The largest absolute Gasteiger partial charge is 0.416 e. The Balaban J connectivity index is 2.20. The van der Waals surface area contributed by atoms with Gasteiger partial charge in [0.25, 0.3) is 0 Å². The fraction of sp³-hybridized carbons (Fsp3) is 0.471. The van der Waals surface area contributed by atoms with E-state index in [1.54, 1.807) is 24.8 Å². The minimum absolute atomic E-state index is 0.111. The molecule has 1 heterocycles. The number of alkyl halides is 3. The van der Waals surface area contributed by atoms with Crippen LogP contribution in [0.2, 0.25) is 0 Å². The predicted molar refractivity (Wildman–Crippen MR) is 84.5 cm³/mol. The quantitative estimate of drug-likeness (QED) is 0.792. The number of piperazine rings is 1. The number of hydrogen-bond acceptors (Lipinski definition) is 2. The van der Waals surface area contributed by atoms with Gasteiger partial charge in [-0.15, -0.1) is 0 Å². The summed E-state index contributed by atoms with van der Waals surface area (Å²) in [6.07, 6.45) is -3.06. The Labute approximate surface area is 134 Å². The highest BCUT2D eigenvalue weighted by atomic mass is 19.4. The Morgan fingerprint density at radius 1 is 1.22 bits per heavy atom. The van der Waals surface area contributed by atoms with Gasteiger partial charge in [-0.2, -0.15) is 13.2 Å². The lowest BCUT2D eigenvalue weighted by Crippen LogP contribution is -2.48. The Kier molecular flexibility index (Phi) is 5.02. The third kappa shape index (κ3) is 3.86. The van der Waals surface area contributed by atoms with E-state index in [-0.39, 0.29) is 11.8 Å². The zero-order chi connectivity index (χ0) is 17.2. The van der Waals surface area contributed by atoms with Crippen LogP contribution in [0.4, 0.5) is 18.9 Å². The summed E-state index contributed by atoms with van der Waals surface area (Å²) in [6.45, 7) is 9.27. The van der Waals surface area contributed by atoms with E-state index in [2.05, 4.69) is 6.58 Å². The average molecular weight is 326 g/mol. The number of hydrogen-bond donors (Lipinski definition) is 0. The topological polar surface area (TPSA) is 23.6 Å². The van der Waals surface area contributed by atoms with Crippen molar-refractivity contribution in [2.24, 2.45) is 0 Å². The minimum atomic E-state index is -4.34. The maximum absolute atomic E-state index is 13.1. The van der Waals surface area contributed by atoms with E-state index in [4.69, 9.17) is 0 Å². The maximum Gasteiger partial charge on any atom is 0.416 e. The third-order valence-corrected chi connectivity index (χ3v) is 4.09. The van der Waals surface area contributed by atoms with Crippen molar-refractivity contribution < 1.29 is 18.0 Å². The highest BCUT2D eigenvalue weighted by Gasteiger charge is 2.34. The summed E-state index contributed by atoms with van der Waals surface area (Å²) in [5.41, 5.74) is 0.503. The van der Waals surface area contributed by atoms with Gasteiger partial charge in [-0.25, -0.2) is 0 Å². The number of carbonyl (C=O) groups excluding carboxylic acids is 1.